The van der Waals surface area contributed by atoms with Gasteiger partial charge in [0.15, 0.2) is 5.82 Å². The maximum atomic E-state index is 9.98. The number of fused-ring (bicyclic) bond motifs is 1. The summed E-state index contributed by atoms with van der Waals surface area (Å²) in [6.45, 7) is 1.04. The van der Waals surface area contributed by atoms with Crippen LogP contribution in [0.2, 0.25) is 0 Å². The first-order valence-electron chi connectivity index (χ1n) is 5.97. The van der Waals surface area contributed by atoms with Crippen LogP contribution in [-0.2, 0) is 13.1 Å². The Bertz CT molecular complexity index is 681. The molecule has 6 nitrogen and oxygen atoms in total. The van der Waals surface area contributed by atoms with Crippen LogP contribution in [0.3, 0.4) is 0 Å². The quantitative estimate of drug-likeness (QED) is 0.655. The zero-order valence-electron chi connectivity index (χ0n) is 10.2. The third-order valence-corrected chi connectivity index (χ3v) is 2.99. The van der Waals surface area contributed by atoms with Gasteiger partial charge in [0.1, 0.15) is 5.75 Å². The highest BCUT2D eigenvalue weighted by Gasteiger charge is 2.06. The number of aromatic nitrogens is 4. The average Bonchev–Trinajstić information content (AvgIpc) is 2.94. The van der Waals surface area contributed by atoms with Gasteiger partial charge < -0.3 is 10.4 Å². The first-order valence-corrected chi connectivity index (χ1v) is 5.97. The monoisotopic (exact) mass is 255 g/mol. The van der Waals surface area contributed by atoms with Crippen molar-refractivity contribution in [2.75, 3.05) is 0 Å². The number of benzene rings is 2. The lowest BCUT2D eigenvalue weighted by molar-refractivity contribution is 0.465. The summed E-state index contributed by atoms with van der Waals surface area (Å²) in [5, 5.41) is 28.9. The fraction of sp³-hybridized carbons (Fsp3) is 0.154. The van der Waals surface area contributed by atoms with E-state index in [0.29, 0.717) is 24.7 Å². The Balaban J connectivity index is 1.81. The average molecular weight is 255 g/mol. The largest absolute Gasteiger partial charge is 0.508 e. The third-order valence-electron chi connectivity index (χ3n) is 2.99. The number of nitrogens with zero attached hydrogens (tertiary/aromatic N) is 3. The van der Waals surface area contributed by atoms with Crippen molar-refractivity contribution < 1.29 is 5.11 Å². The molecule has 2 aromatic carbocycles. The van der Waals surface area contributed by atoms with Gasteiger partial charge in [-0.25, -0.2) is 0 Å². The second-order valence-electron chi connectivity index (χ2n) is 4.22. The van der Waals surface area contributed by atoms with Gasteiger partial charge in [-0.3, -0.25) is 0 Å². The molecule has 0 aliphatic rings. The van der Waals surface area contributed by atoms with Crippen molar-refractivity contribution in [2.24, 2.45) is 0 Å². The van der Waals surface area contributed by atoms with Crippen LogP contribution in [0, 0.1) is 0 Å². The number of nitrogens with one attached hydrogen (secondary N) is 2. The van der Waals surface area contributed by atoms with Gasteiger partial charge in [-0.1, -0.05) is 35.5 Å². The Morgan fingerprint density at radius 3 is 2.84 bits per heavy atom. The zero-order chi connectivity index (χ0) is 13.1. The van der Waals surface area contributed by atoms with E-state index >= 15 is 0 Å². The fourth-order valence-corrected chi connectivity index (χ4v) is 2.07. The van der Waals surface area contributed by atoms with Gasteiger partial charge in [0.2, 0.25) is 0 Å². The summed E-state index contributed by atoms with van der Waals surface area (Å²) in [4.78, 5) is 0. The molecule has 0 spiro atoms. The van der Waals surface area contributed by atoms with Crippen LogP contribution < -0.4 is 5.32 Å². The van der Waals surface area contributed by atoms with Crippen LogP contribution in [0.1, 0.15) is 11.4 Å². The molecule has 3 rings (SSSR count). The molecule has 0 aliphatic carbocycles. The lowest BCUT2D eigenvalue weighted by Crippen LogP contribution is -2.14. The van der Waals surface area contributed by atoms with Gasteiger partial charge in [0, 0.05) is 12.1 Å². The fourth-order valence-electron chi connectivity index (χ4n) is 2.07. The highest BCUT2D eigenvalue weighted by Crippen LogP contribution is 2.26. The minimum atomic E-state index is 0.291. The molecule has 1 heterocycles. The van der Waals surface area contributed by atoms with Crippen LogP contribution in [0.4, 0.5) is 0 Å². The number of phenolic OH excluding ortho intramolecular Hbond substituents is 1. The maximum Gasteiger partial charge on any atom is 0.188 e. The predicted molar refractivity (Wildman–Crippen MR) is 70.3 cm³/mol. The molecule has 0 atom stereocenters. The SMILES string of the molecule is Oc1ccc2ccccc2c1CNCc1nn[nH]n1. The van der Waals surface area contributed by atoms with E-state index in [1.165, 1.54) is 0 Å². The summed E-state index contributed by atoms with van der Waals surface area (Å²) in [7, 11) is 0. The van der Waals surface area contributed by atoms with E-state index in [0.717, 1.165) is 16.3 Å². The number of hydrogen-bond acceptors (Lipinski definition) is 5. The van der Waals surface area contributed by atoms with Crippen molar-refractivity contribution in [3.05, 3.63) is 47.8 Å². The van der Waals surface area contributed by atoms with Gasteiger partial charge in [-0.05, 0) is 16.8 Å². The Hall–Kier alpha value is -2.47. The highest BCUT2D eigenvalue weighted by molar-refractivity contribution is 5.87. The molecule has 0 unspecified atom stereocenters. The first-order chi connectivity index (χ1) is 9.34. The third kappa shape index (κ3) is 2.38. The lowest BCUT2D eigenvalue weighted by atomic mass is 10.0. The minimum absolute atomic E-state index is 0.291. The number of phenols is 1. The van der Waals surface area contributed by atoms with Crippen LogP contribution in [0.25, 0.3) is 10.8 Å². The van der Waals surface area contributed by atoms with Crippen molar-refractivity contribution in [1.82, 2.24) is 25.9 Å². The van der Waals surface area contributed by atoms with E-state index < -0.39 is 0 Å². The van der Waals surface area contributed by atoms with E-state index in [-0.39, 0.29) is 0 Å². The number of aromatic hydroxyl groups is 1. The molecule has 0 amide bonds. The molecule has 0 radical (unpaired) electrons. The van der Waals surface area contributed by atoms with E-state index in [2.05, 4.69) is 25.9 Å². The Morgan fingerprint density at radius 2 is 2.00 bits per heavy atom. The standard InChI is InChI=1S/C13H13N5O/c19-12-6-5-9-3-1-2-4-10(9)11(12)7-14-8-13-15-17-18-16-13/h1-6,14,19H,7-8H2,(H,15,16,17,18). The molecule has 3 N–H and O–H groups in total. The minimum Gasteiger partial charge on any atom is -0.508 e. The zero-order valence-corrected chi connectivity index (χ0v) is 10.2. The molecule has 0 bridgehead atoms. The molecular weight excluding hydrogens is 242 g/mol. The van der Waals surface area contributed by atoms with Crippen LogP contribution in [0.5, 0.6) is 5.75 Å². The number of tetrazole rings is 1. The van der Waals surface area contributed by atoms with Gasteiger partial charge in [0.25, 0.3) is 0 Å². The first kappa shape index (κ1) is 11.6. The van der Waals surface area contributed by atoms with Crippen molar-refractivity contribution in [2.45, 2.75) is 13.1 Å². The second kappa shape index (κ2) is 5.03. The van der Waals surface area contributed by atoms with Crippen LogP contribution >= 0.6 is 0 Å². The number of rotatable bonds is 4. The van der Waals surface area contributed by atoms with Crippen molar-refractivity contribution in [1.29, 1.82) is 0 Å². The molecule has 19 heavy (non-hydrogen) atoms. The van der Waals surface area contributed by atoms with E-state index in [4.69, 9.17) is 0 Å². The summed E-state index contributed by atoms with van der Waals surface area (Å²) in [5.74, 6) is 0.888. The lowest BCUT2D eigenvalue weighted by Gasteiger charge is -2.09. The topological polar surface area (TPSA) is 86.7 Å². The smallest absolute Gasteiger partial charge is 0.188 e. The predicted octanol–water partition coefficient (Wildman–Crippen LogP) is 1.35. The molecule has 0 aliphatic heterocycles. The molecule has 0 fully saturated rings. The number of hydrogen-bond donors (Lipinski definition) is 3. The van der Waals surface area contributed by atoms with Gasteiger partial charge >= 0.3 is 0 Å². The van der Waals surface area contributed by atoms with E-state index in [1.807, 2.05) is 30.3 Å². The normalized spacial score (nSPS) is 10.9. The maximum absolute atomic E-state index is 9.98. The molecule has 0 saturated carbocycles. The summed E-state index contributed by atoms with van der Waals surface area (Å²) in [5.41, 5.74) is 0.876. The number of H-pyrrole nitrogens is 1. The van der Waals surface area contributed by atoms with Gasteiger partial charge in [-0.2, -0.15) is 5.21 Å². The molecule has 96 valence electrons. The van der Waals surface area contributed by atoms with E-state index in [1.54, 1.807) is 6.07 Å². The number of aromatic amines is 1. The van der Waals surface area contributed by atoms with Gasteiger partial charge in [0.05, 0.1) is 6.54 Å². The Morgan fingerprint density at radius 1 is 1.11 bits per heavy atom. The summed E-state index contributed by atoms with van der Waals surface area (Å²) >= 11 is 0. The van der Waals surface area contributed by atoms with Crippen molar-refractivity contribution in [3.8, 4) is 5.75 Å². The molecular formula is C13H13N5O. The summed E-state index contributed by atoms with van der Waals surface area (Å²) in [6, 6.07) is 11.6. The highest BCUT2D eigenvalue weighted by atomic mass is 16.3. The Labute approximate surface area is 109 Å². The summed E-state index contributed by atoms with van der Waals surface area (Å²) < 4.78 is 0. The summed E-state index contributed by atoms with van der Waals surface area (Å²) in [6.07, 6.45) is 0. The van der Waals surface area contributed by atoms with Crippen molar-refractivity contribution >= 4 is 10.8 Å². The molecule has 0 saturated heterocycles. The van der Waals surface area contributed by atoms with Gasteiger partial charge in [-0.15, -0.1) is 10.2 Å². The molecule has 1 aromatic heterocycles. The molecule has 3 aromatic rings. The Kier molecular flexibility index (Phi) is 3.07. The van der Waals surface area contributed by atoms with E-state index in [9.17, 15) is 5.11 Å². The van der Waals surface area contributed by atoms with Crippen LogP contribution in [-0.4, -0.2) is 25.7 Å². The molecule has 6 heteroatoms. The van der Waals surface area contributed by atoms with Crippen molar-refractivity contribution in [3.63, 3.8) is 0 Å². The van der Waals surface area contributed by atoms with Crippen LogP contribution in [0.15, 0.2) is 36.4 Å². The second-order valence-corrected chi connectivity index (χ2v) is 4.22.